The Morgan fingerprint density at radius 2 is 2.38 bits per heavy atom. The lowest BCUT2D eigenvalue weighted by atomic mass is 10.1. The lowest BCUT2D eigenvalue weighted by Gasteiger charge is -2.12. The van der Waals surface area contributed by atoms with E-state index >= 15 is 0 Å². The molecule has 2 heterocycles. The molecule has 0 aliphatic heterocycles. The van der Waals surface area contributed by atoms with E-state index < -0.39 is 0 Å². The first kappa shape index (κ1) is 10.8. The van der Waals surface area contributed by atoms with E-state index in [1.54, 1.807) is 12.5 Å². The van der Waals surface area contributed by atoms with E-state index in [0.29, 0.717) is 6.54 Å². The van der Waals surface area contributed by atoms with Crippen molar-refractivity contribution >= 4 is 0 Å². The maximum atomic E-state index is 4.10. The fourth-order valence-corrected chi connectivity index (χ4v) is 1.46. The van der Waals surface area contributed by atoms with Crippen LogP contribution in [0.2, 0.25) is 0 Å². The van der Waals surface area contributed by atoms with Crippen molar-refractivity contribution < 1.29 is 0 Å². The fourth-order valence-electron chi connectivity index (χ4n) is 1.46. The van der Waals surface area contributed by atoms with Gasteiger partial charge in [0.15, 0.2) is 0 Å². The SMILES string of the molecule is C[C@@H](NCc1nncn1C)c1cccnc1. The molecule has 0 aliphatic carbocycles. The number of nitrogens with one attached hydrogen (secondary N) is 1. The van der Waals surface area contributed by atoms with Crippen LogP contribution in [-0.4, -0.2) is 19.7 Å². The minimum Gasteiger partial charge on any atom is -0.320 e. The Kier molecular flexibility index (Phi) is 3.26. The molecule has 2 rings (SSSR count). The summed E-state index contributed by atoms with van der Waals surface area (Å²) in [6.07, 6.45) is 5.35. The molecule has 16 heavy (non-hydrogen) atoms. The maximum absolute atomic E-state index is 4.10. The van der Waals surface area contributed by atoms with E-state index in [4.69, 9.17) is 0 Å². The molecule has 1 atom stereocenters. The molecule has 0 spiro atoms. The lowest BCUT2D eigenvalue weighted by molar-refractivity contribution is 0.547. The van der Waals surface area contributed by atoms with Gasteiger partial charge in [-0.25, -0.2) is 0 Å². The highest BCUT2D eigenvalue weighted by Gasteiger charge is 2.06. The zero-order valence-electron chi connectivity index (χ0n) is 9.46. The molecule has 2 aromatic heterocycles. The van der Waals surface area contributed by atoms with Crippen LogP contribution in [0, 0.1) is 0 Å². The zero-order chi connectivity index (χ0) is 11.4. The van der Waals surface area contributed by atoms with Crippen LogP contribution in [0.3, 0.4) is 0 Å². The van der Waals surface area contributed by atoms with Gasteiger partial charge < -0.3 is 9.88 Å². The van der Waals surface area contributed by atoms with Crippen LogP contribution in [0.4, 0.5) is 0 Å². The van der Waals surface area contributed by atoms with Crippen molar-refractivity contribution in [2.24, 2.45) is 7.05 Å². The van der Waals surface area contributed by atoms with Gasteiger partial charge >= 0.3 is 0 Å². The van der Waals surface area contributed by atoms with E-state index in [1.165, 1.54) is 5.56 Å². The predicted molar refractivity (Wildman–Crippen MR) is 60.5 cm³/mol. The topological polar surface area (TPSA) is 55.6 Å². The van der Waals surface area contributed by atoms with Crippen molar-refractivity contribution in [3.8, 4) is 0 Å². The van der Waals surface area contributed by atoms with Crippen molar-refractivity contribution in [3.05, 3.63) is 42.2 Å². The number of hydrogen-bond acceptors (Lipinski definition) is 4. The molecule has 5 nitrogen and oxygen atoms in total. The van der Waals surface area contributed by atoms with Crippen LogP contribution in [-0.2, 0) is 13.6 Å². The van der Waals surface area contributed by atoms with Gasteiger partial charge in [-0.15, -0.1) is 10.2 Å². The van der Waals surface area contributed by atoms with Crippen molar-refractivity contribution in [1.82, 2.24) is 25.1 Å². The number of rotatable bonds is 4. The van der Waals surface area contributed by atoms with Crippen LogP contribution < -0.4 is 5.32 Å². The summed E-state index contributed by atoms with van der Waals surface area (Å²) in [5, 5.41) is 11.2. The summed E-state index contributed by atoms with van der Waals surface area (Å²) in [4.78, 5) is 4.10. The molecule has 5 heteroatoms. The summed E-state index contributed by atoms with van der Waals surface area (Å²) >= 11 is 0. The van der Waals surface area contributed by atoms with E-state index in [-0.39, 0.29) is 6.04 Å². The average molecular weight is 217 g/mol. The Balaban J connectivity index is 1.94. The van der Waals surface area contributed by atoms with E-state index in [9.17, 15) is 0 Å². The van der Waals surface area contributed by atoms with Crippen molar-refractivity contribution in [2.75, 3.05) is 0 Å². The number of aryl methyl sites for hydroxylation is 1. The Morgan fingerprint density at radius 3 is 3.00 bits per heavy atom. The van der Waals surface area contributed by atoms with Gasteiger partial charge in [-0.2, -0.15) is 0 Å². The predicted octanol–water partition coefficient (Wildman–Crippen LogP) is 1.06. The molecular formula is C11H15N5. The number of pyridine rings is 1. The van der Waals surface area contributed by atoms with Gasteiger partial charge in [0, 0.05) is 25.5 Å². The Bertz CT molecular complexity index is 437. The first-order valence-corrected chi connectivity index (χ1v) is 5.23. The summed E-state index contributed by atoms with van der Waals surface area (Å²) in [7, 11) is 1.94. The van der Waals surface area contributed by atoms with E-state index in [1.807, 2.05) is 23.9 Å². The smallest absolute Gasteiger partial charge is 0.146 e. The summed E-state index contributed by atoms with van der Waals surface area (Å²) in [6.45, 7) is 2.81. The van der Waals surface area contributed by atoms with Crippen LogP contribution in [0.25, 0.3) is 0 Å². The molecule has 1 N–H and O–H groups in total. The van der Waals surface area contributed by atoms with Gasteiger partial charge in [0.05, 0.1) is 6.54 Å². The maximum Gasteiger partial charge on any atom is 0.146 e. The second-order valence-electron chi connectivity index (χ2n) is 3.75. The van der Waals surface area contributed by atoms with Gasteiger partial charge in [-0.1, -0.05) is 6.07 Å². The molecule has 2 aromatic rings. The molecule has 0 fully saturated rings. The zero-order valence-corrected chi connectivity index (χ0v) is 9.46. The summed E-state index contributed by atoms with van der Waals surface area (Å²) < 4.78 is 1.91. The standard InChI is InChI=1S/C11H15N5/c1-9(10-4-3-5-12-6-10)13-7-11-15-14-8-16(11)2/h3-6,8-9,13H,7H2,1-2H3/t9-/m1/s1. The minimum absolute atomic E-state index is 0.255. The second-order valence-corrected chi connectivity index (χ2v) is 3.75. The Labute approximate surface area is 94.5 Å². The van der Waals surface area contributed by atoms with E-state index in [0.717, 1.165) is 5.82 Å². The highest BCUT2D eigenvalue weighted by atomic mass is 15.3. The molecule has 0 amide bonds. The summed E-state index contributed by atoms with van der Waals surface area (Å²) in [5.74, 6) is 0.927. The first-order chi connectivity index (χ1) is 7.77. The normalized spacial score (nSPS) is 12.6. The van der Waals surface area contributed by atoms with Crippen molar-refractivity contribution in [2.45, 2.75) is 19.5 Å². The number of aromatic nitrogens is 4. The number of hydrogen-bond donors (Lipinski definition) is 1. The van der Waals surface area contributed by atoms with Crippen LogP contribution >= 0.6 is 0 Å². The van der Waals surface area contributed by atoms with Gasteiger partial charge in [0.1, 0.15) is 12.2 Å². The first-order valence-electron chi connectivity index (χ1n) is 5.23. The third-order valence-electron chi connectivity index (χ3n) is 2.56. The van der Waals surface area contributed by atoms with Gasteiger partial charge in [0.2, 0.25) is 0 Å². The quantitative estimate of drug-likeness (QED) is 0.832. The highest BCUT2D eigenvalue weighted by Crippen LogP contribution is 2.10. The molecule has 0 saturated heterocycles. The van der Waals surface area contributed by atoms with Gasteiger partial charge in [-0.3, -0.25) is 4.98 Å². The van der Waals surface area contributed by atoms with Crippen LogP contribution in [0.5, 0.6) is 0 Å². The highest BCUT2D eigenvalue weighted by molar-refractivity contribution is 5.12. The fraction of sp³-hybridized carbons (Fsp3) is 0.364. The Hall–Kier alpha value is -1.75. The molecular weight excluding hydrogens is 202 g/mol. The molecule has 0 saturated carbocycles. The summed E-state index contributed by atoms with van der Waals surface area (Å²) in [6, 6.07) is 4.25. The Morgan fingerprint density at radius 1 is 1.50 bits per heavy atom. The van der Waals surface area contributed by atoms with Crippen molar-refractivity contribution in [1.29, 1.82) is 0 Å². The third-order valence-corrected chi connectivity index (χ3v) is 2.56. The number of nitrogens with zero attached hydrogens (tertiary/aromatic N) is 4. The monoisotopic (exact) mass is 217 g/mol. The second kappa shape index (κ2) is 4.85. The van der Waals surface area contributed by atoms with Gasteiger partial charge in [-0.05, 0) is 18.6 Å². The minimum atomic E-state index is 0.255. The molecule has 0 radical (unpaired) electrons. The molecule has 84 valence electrons. The summed E-state index contributed by atoms with van der Waals surface area (Å²) in [5.41, 5.74) is 1.17. The molecule has 0 aromatic carbocycles. The average Bonchev–Trinajstić information content (AvgIpc) is 2.73. The van der Waals surface area contributed by atoms with Crippen LogP contribution in [0.15, 0.2) is 30.9 Å². The largest absolute Gasteiger partial charge is 0.320 e. The molecule has 0 unspecified atom stereocenters. The van der Waals surface area contributed by atoms with E-state index in [2.05, 4.69) is 33.5 Å². The van der Waals surface area contributed by atoms with Gasteiger partial charge in [0.25, 0.3) is 0 Å². The molecule has 0 bridgehead atoms. The van der Waals surface area contributed by atoms with Crippen molar-refractivity contribution in [3.63, 3.8) is 0 Å². The lowest BCUT2D eigenvalue weighted by Crippen LogP contribution is -2.20. The molecule has 0 aliphatic rings. The van der Waals surface area contributed by atoms with Crippen LogP contribution in [0.1, 0.15) is 24.4 Å². The third kappa shape index (κ3) is 2.43.